The Morgan fingerprint density at radius 3 is 2.17 bits per heavy atom. The van der Waals surface area contributed by atoms with Gasteiger partial charge in [-0.05, 0) is 38.8 Å². The van der Waals surface area contributed by atoms with Gasteiger partial charge in [0.25, 0.3) is 0 Å². The minimum atomic E-state index is -4.17. The number of hydrogen-bond acceptors (Lipinski definition) is 7. The van der Waals surface area contributed by atoms with Crippen molar-refractivity contribution in [1.82, 2.24) is 4.31 Å². The molecule has 0 fully saturated rings. The molecular formula is C15H26N2O6S. The first-order valence-electron chi connectivity index (χ1n) is 7.24. The fraction of sp³-hybridized carbons (Fsp3) is 0.533. The number of para-hydroxylation sites is 1. The smallest absolute Gasteiger partial charge is 0.389 e. The standard InChI is InChI=1S/C8H11N.C7H15NO6S/c1-6-4-3-5-7(2)8(6)9;1-6(2)13-5-8(3)15(11,12)14-7(10)4-9/h3-5H,9H2,1-2H3;6,9H,4-5H2,1-3H3. The van der Waals surface area contributed by atoms with Crippen molar-refractivity contribution in [3.05, 3.63) is 29.3 Å². The monoisotopic (exact) mass is 362 g/mol. The first kappa shape index (κ1) is 22.3. The molecule has 0 aliphatic rings. The maximum absolute atomic E-state index is 11.2. The molecule has 9 heteroatoms. The summed E-state index contributed by atoms with van der Waals surface area (Å²) in [6, 6.07) is 6.05. The third-order valence-corrected chi connectivity index (χ3v) is 4.11. The molecule has 3 N–H and O–H groups in total. The third kappa shape index (κ3) is 8.25. The maximum atomic E-state index is 11.2. The zero-order valence-electron chi connectivity index (χ0n) is 14.6. The van der Waals surface area contributed by atoms with Crippen LogP contribution in [-0.2, 0) is 24.0 Å². The van der Waals surface area contributed by atoms with E-state index in [1.54, 1.807) is 13.8 Å². The number of nitrogen functional groups attached to an aromatic ring is 1. The molecule has 1 aromatic rings. The van der Waals surface area contributed by atoms with Gasteiger partial charge in [0.2, 0.25) is 0 Å². The normalized spacial score (nSPS) is 11.2. The second-order valence-electron chi connectivity index (χ2n) is 5.32. The van der Waals surface area contributed by atoms with E-state index < -0.39 is 22.9 Å². The molecule has 0 radical (unpaired) electrons. The van der Waals surface area contributed by atoms with Crippen molar-refractivity contribution in [3.63, 3.8) is 0 Å². The van der Waals surface area contributed by atoms with E-state index in [4.69, 9.17) is 15.6 Å². The van der Waals surface area contributed by atoms with Crippen molar-refractivity contribution in [2.75, 3.05) is 26.1 Å². The SMILES string of the molecule is CC(C)OCN(C)S(=O)(=O)OC(=O)CO.Cc1cccc(C)c1N. The van der Waals surface area contributed by atoms with Gasteiger partial charge in [-0.2, -0.15) is 8.42 Å². The molecule has 0 heterocycles. The molecular weight excluding hydrogens is 336 g/mol. The molecule has 0 aromatic heterocycles. The Balaban J connectivity index is 0.000000496. The van der Waals surface area contributed by atoms with Gasteiger partial charge in [-0.3, -0.25) is 0 Å². The highest BCUT2D eigenvalue weighted by molar-refractivity contribution is 7.84. The van der Waals surface area contributed by atoms with Crippen LogP contribution in [0.3, 0.4) is 0 Å². The quantitative estimate of drug-likeness (QED) is 0.571. The van der Waals surface area contributed by atoms with Gasteiger partial charge in [0.1, 0.15) is 13.3 Å². The molecule has 0 bridgehead atoms. The van der Waals surface area contributed by atoms with Crippen LogP contribution in [0, 0.1) is 13.8 Å². The van der Waals surface area contributed by atoms with Gasteiger partial charge >= 0.3 is 16.3 Å². The number of nitrogens with two attached hydrogens (primary N) is 1. The number of aliphatic hydroxyl groups excluding tert-OH is 1. The Morgan fingerprint density at radius 1 is 1.29 bits per heavy atom. The van der Waals surface area contributed by atoms with E-state index in [1.165, 1.54) is 7.05 Å². The lowest BCUT2D eigenvalue weighted by molar-refractivity contribution is -0.137. The van der Waals surface area contributed by atoms with Crippen LogP contribution in [-0.4, -0.2) is 50.3 Å². The molecule has 1 rings (SSSR count). The van der Waals surface area contributed by atoms with E-state index in [-0.39, 0.29) is 12.8 Å². The summed E-state index contributed by atoms with van der Waals surface area (Å²) in [5, 5.41) is 8.31. The molecule has 1 aromatic carbocycles. The predicted molar refractivity (Wildman–Crippen MR) is 91.3 cm³/mol. The van der Waals surface area contributed by atoms with E-state index >= 15 is 0 Å². The number of benzene rings is 1. The van der Waals surface area contributed by atoms with E-state index in [1.807, 2.05) is 32.0 Å². The molecule has 0 saturated heterocycles. The number of carbonyl (C=O) groups is 1. The fourth-order valence-corrected chi connectivity index (χ4v) is 1.96. The van der Waals surface area contributed by atoms with Crippen molar-refractivity contribution in [2.45, 2.75) is 33.8 Å². The summed E-state index contributed by atoms with van der Waals surface area (Å²) < 4.78 is 32.1. The summed E-state index contributed by atoms with van der Waals surface area (Å²) in [4.78, 5) is 10.6. The summed E-state index contributed by atoms with van der Waals surface area (Å²) in [6.07, 6.45) is -0.142. The molecule has 138 valence electrons. The van der Waals surface area contributed by atoms with Crippen LogP contribution in [0.15, 0.2) is 18.2 Å². The van der Waals surface area contributed by atoms with Gasteiger partial charge in [0.05, 0.1) is 6.10 Å². The van der Waals surface area contributed by atoms with Gasteiger partial charge in [0.15, 0.2) is 0 Å². The Bertz CT molecular complexity index is 611. The number of aliphatic hydroxyl groups is 1. The summed E-state index contributed by atoms with van der Waals surface area (Å²) in [6.45, 7) is 6.29. The number of ether oxygens (including phenoxy) is 1. The van der Waals surface area contributed by atoms with Gasteiger partial charge in [0, 0.05) is 12.7 Å². The lowest BCUT2D eigenvalue weighted by Crippen LogP contribution is -2.34. The highest BCUT2D eigenvalue weighted by Crippen LogP contribution is 2.13. The Hall–Kier alpha value is -1.68. The number of anilines is 1. The van der Waals surface area contributed by atoms with Gasteiger partial charge in [-0.1, -0.05) is 18.2 Å². The number of hydrogen-bond donors (Lipinski definition) is 2. The summed E-state index contributed by atoms with van der Waals surface area (Å²) in [5.74, 6) is -1.23. The van der Waals surface area contributed by atoms with E-state index in [0.717, 1.165) is 21.1 Å². The third-order valence-electron chi connectivity index (χ3n) is 2.84. The molecule has 24 heavy (non-hydrogen) atoms. The molecule has 0 saturated carbocycles. The first-order chi connectivity index (χ1) is 11.0. The second-order valence-corrected chi connectivity index (χ2v) is 6.96. The number of nitrogens with zero attached hydrogens (tertiary/aromatic N) is 1. The zero-order valence-corrected chi connectivity index (χ0v) is 15.5. The summed E-state index contributed by atoms with van der Waals surface area (Å²) >= 11 is 0. The second kappa shape index (κ2) is 10.2. The van der Waals surface area contributed by atoms with Crippen LogP contribution < -0.4 is 5.73 Å². The van der Waals surface area contributed by atoms with Crippen LogP contribution in [0.25, 0.3) is 0 Å². The van der Waals surface area contributed by atoms with Crippen molar-refractivity contribution >= 4 is 22.0 Å². The van der Waals surface area contributed by atoms with Crippen LogP contribution >= 0.6 is 0 Å². The van der Waals surface area contributed by atoms with E-state index in [9.17, 15) is 13.2 Å². The van der Waals surface area contributed by atoms with E-state index in [2.05, 4.69) is 4.18 Å². The van der Waals surface area contributed by atoms with Crippen LogP contribution in [0.4, 0.5) is 5.69 Å². The molecule has 0 amide bonds. The molecule has 0 aliphatic carbocycles. The highest BCUT2D eigenvalue weighted by Gasteiger charge is 2.22. The van der Waals surface area contributed by atoms with Gasteiger partial charge < -0.3 is 19.8 Å². The number of carbonyl (C=O) groups excluding carboxylic acids is 1. The molecule has 0 aliphatic heterocycles. The Morgan fingerprint density at radius 2 is 1.79 bits per heavy atom. The average Bonchev–Trinajstić information content (AvgIpc) is 2.50. The zero-order chi connectivity index (χ0) is 18.9. The van der Waals surface area contributed by atoms with E-state index in [0.29, 0.717) is 0 Å². The van der Waals surface area contributed by atoms with Crippen molar-refractivity contribution in [1.29, 1.82) is 0 Å². The lowest BCUT2D eigenvalue weighted by atomic mass is 10.1. The molecule has 8 nitrogen and oxygen atoms in total. The Kier molecular flexibility index (Phi) is 9.52. The summed E-state index contributed by atoms with van der Waals surface area (Å²) in [5.41, 5.74) is 8.92. The maximum Gasteiger partial charge on any atom is 0.389 e. The first-order valence-corrected chi connectivity index (χ1v) is 8.60. The summed E-state index contributed by atoms with van der Waals surface area (Å²) in [7, 11) is -2.97. The van der Waals surface area contributed by atoms with Crippen LogP contribution in [0.1, 0.15) is 25.0 Å². The van der Waals surface area contributed by atoms with Gasteiger partial charge in [-0.25, -0.2) is 4.79 Å². The molecule has 0 unspecified atom stereocenters. The minimum absolute atomic E-state index is 0.142. The van der Waals surface area contributed by atoms with Crippen molar-refractivity contribution < 1.29 is 27.2 Å². The lowest BCUT2D eigenvalue weighted by Gasteiger charge is -2.17. The van der Waals surface area contributed by atoms with Crippen molar-refractivity contribution in [3.8, 4) is 0 Å². The van der Waals surface area contributed by atoms with Crippen LogP contribution in [0.2, 0.25) is 0 Å². The fourth-order valence-electron chi connectivity index (χ4n) is 1.35. The van der Waals surface area contributed by atoms with Gasteiger partial charge in [-0.15, -0.1) is 4.31 Å². The highest BCUT2D eigenvalue weighted by atomic mass is 32.2. The molecule has 0 spiro atoms. The average molecular weight is 362 g/mol. The predicted octanol–water partition coefficient (Wildman–Crippen LogP) is 0.967. The molecule has 0 atom stereocenters. The minimum Gasteiger partial charge on any atom is -0.398 e. The number of rotatable bonds is 6. The topological polar surface area (TPSA) is 119 Å². The van der Waals surface area contributed by atoms with Crippen LogP contribution in [0.5, 0.6) is 0 Å². The largest absolute Gasteiger partial charge is 0.398 e. The number of aryl methyl sites for hydroxylation is 2. The van der Waals surface area contributed by atoms with Crippen molar-refractivity contribution in [2.24, 2.45) is 0 Å². The Labute approximate surface area is 143 Å².